The highest BCUT2D eigenvalue weighted by Crippen LogP contribution is 2.38. The summed E-state index contributed by atoms with van der Waals surface area (Å²) >= 11 is 0. The van der Waals surface area contributed by atoms with E-state index in [0.717, 1.165) is 28.7 Å². The minimum Gasteiger partial charge on any atom is -0.465 e. The minimum absolute atomic E-state index is 0.00106. The van der Waals surface area contributed by atoms with E-state index in [1.165, 1.54) is 18.1 Å². The summed E-state index contributed by atoms with van der Waals surface area (Å²) < 4.78 is 41.1. The van der Waals surface area contributed by atoms with Crippen molar-refractivity contribution in [2.45, 2.75) is 11.3 Å². The van der Waals surface area contributed by atoms with Gasteiger partial charge in [0.25, 0.3) is 10.0 Å². The monoisotopic (exact) mass is 545 g/mol. The molecule has 9 nitrogen and oxygen atoms in total. The zero-order valence-electron chi connectivity index (χ0n) is 21.6. The number of amides is 1. The van der Waals surface area contributed by atoms with Crippen LogP contribution >= 0.6 is 0 Å². The molecule has 0 aromatic heterocycles. The lowest BCUT2D eigenvalue weighted by atomic mass is 10.0. The number of anilines is 1. The van der Waals surface area contributed by atoms with Crippen LogP contribution in [0.5, 0.6) is 11.5 Å². The Hall–Kier alpha value is -4.70. The van der Waals surface area contributed by atoms with Gasteiger partial charge in [-0.05, 0) is 40.6 Å². The van der Waals surface area contributed by atoms with Gasteiger partial charge in [-0.3, -0.25) is 4.79 Å². The van der Waals surface area contributed by atoms with Gasteiger partial charge in [-0.15, -0.1) is 4.40 Å². The van der Waals surface area contributed by atoms with Gasteiger partial charge in [0.2, 0.25) is 5.91 Å². The third-order valence-electron chi connectivity index (χ3n) is 5.59. The number of carbonyl (C=O) groups is 2. The third-order valence-corrected chi connectivity index (χ3v) is 6.82. The van der Waals surface area contributed by atoms with Gasteiger partial charge in [-0.25, -0.2) is 4.79 Å². The van der Waals surface area contributed by atoms with Crippen LogP contribution in [0.25, 0.3) is 10.8 Å². The predicted molar refractivity (Wildman–Crippen MR) is 150 cm³/mol. The Labute approximate surface area is 226 Å². The number of rotatable bonds is 9. The van der Waals surface area contributed by atoms with Crippen LogP contribution in [0.2, 0.25) is 0 Å². The van der Waals surface area contributed by atoms with Crippen LogP contribution in [-0.2, 0) is 26.0 Å². The van der Waals surface area contributed by atoms with E-state index >= 15 is 0 Å². The Kier molecular flexibility index (Phi) is 8.26. The molecule has 0 fully saturated rings. The smallest absolute Gasteiger partial charge is 0.337 e. The number of esters is 1. The molecule has 10 heteroatoms. The lowest BCUT2D eigenvalue weighted by Crippen LogP contribution is -2.17. The molecule has 0 unspecified atom stereocenters. The Morgan fingerprint density at radius 2 is 1.62 bits per heavy atom. The summed E-state index contributed by atoms with van der Waals surface area (Å²) in [5, 5.41) is 4.75. The molecule has 0 spiro atoms. The van der Waals surface area contributed by atoms with Crippen molar-refractivity contribution in [3.8, 4) is 11.5 Å². The number of nitrogens with zero attached hydrogens (tertiary/aromatic N) is 2. The molecule has 0 aliphatic heterocycles. The van der Waals surface area contributed by atoms with E-state index < -0.39 is 26.8 Å². The summed E-state index contributed by atoms with van der Waals surface area (Å²) in [5.74, 6) is -1.09. The molecule has 0 bridgehead atoms. The highest BCUT2D eigenvalue weighted by atomic mass is 32.2. The molecular formula is C29H27N3O6S. The number of sulfonamides is 1. The quantitative estimate of drug-likeness (QED) is 0.181. The molecule has 4 rings (SSSR count). The van der Waals surface area contributed by atoms with Crippen molar-refractivity contribution in [1.29, 1.82) is 0 Å². The van der Waals surface area contributed by atoms with E-state index in [4.69, 9.17) is 9.47 Å². The molecule has 1 N–H and O–H groups in total. The number of hydrogen-bond acceptors (Lipinski definition) is 6. The van der Waals surface area contributed by atoms with Gasteiger partial charge in [-0.1, -0.05) is 60.7 Å². The third kappa shape index (κ3) is 6.79. The van der Waals surface area contributed by atoms with Gasteiger partial charge in [0.1, 0.15) is 17.0 Å². The topological polar surface area (TPSA) is 114 Å². The lowest BCUT2D eigenvalue weighted by molar-refractivity contribution is -0.115. The first-order chi connectivity index (χ1) is 18.7. The van der Waals surface area contributed by atoms with E-state index in [2.05, 4.69) is 9.71 Å². The summed E-state index contributed by atoms with van der Waals surface area (Å²) in [7, 11) is 0.0351. The Morgan fingerprint density at radius 1 is 0.923 bits per heavy atom. The van der Waals surface area contributed by atoms with Gasteiger partial charge in [0, 0.05) is 14.1 Å². The van der Waals surface area contributed by atoms with Crippen molar-refractivity contribution in [3.63, 3.8) is 0 Å². The summed E-state index contributed by atoms with van der Waals surface area (Å²) in [6.07, 6.45) is 1.11. The largest absolute Gasteiger partial charge is 0.465 e. The molecule has 0 saturated carbocycles. The number of benzene rings is 4. The normalized spacial score (nSPS) is 11.4. The number of fused-ring (bicyclic) bond motifs is 1. The summed E-state index contributed by atoms with van der Waals surface area (Å²) in [5.41, 5.74) is 0.632. The van der Waals surface area contributed by atoms with Crippen LogP contribution in [0, 0.1) is 0 Å². The fourth-order valence-electron chi connectivity index (χ4n) is 3.78. The molecule has 0 aliphatic rings. The van der Waals surface area contributed by atoms with E-state index in [9.17, 15) is 18.0 Å². The van der Waals surface area contributed by atoms with Crippen molar-refractivity contribution in [2.75, 3.05) is 26.5 Å². The van der Waals surface area contributed by atoms with E-state index in [-0.39, 0.29) is 23.4 Å². The van der Waals surface area contributed by atoms with Gasteiger partial charge >= 0.3 is 5.97 Å². The Bertz CT molecular complexity index is 1650. The number of para-hydroxylation sites is 1. The second kappa shape index (κ2) is 11.8. The molecule has 39 heavy (non-hydrogen) atoms. The first kappa shape index (κ1) is 27.3. The molecule has 0 aliphatic carbocycles. The lowest BCUT2D eigenvalue weighted by Gasteiger charge is -2.17. The fourth-order valence-corrected chi connectivity index (χ4v) is 4.86. The van der Waals surface area contributed by atoms with Crippen LogP contribution in [-0.4, -0.2) is 52.7 Å². The van der Waals surface area contributed by atoms with Crippen LogP contribution in [0.3, 0.4) is 0 Å². The molecule has 0 atom stereocenters. The molecule has 1 amide bonds. The van der Waals surface area contributed by atoms with Crippen molar-refractivity contribution >= 4 is 44.7 Å². The molecule has 4 aromatic rings. The maximum Gasteiger partial charge on any atom is 0.337 e. The first-order valence-electron chi connectivity index (χ1n) is 11.9. The minimum atomic E-state index is -4.37. The Balaban J connectivity index is 1.79. The number of ether oxygens (including phenoxy) is 2. The number of hydrogen-bond donors (Lipinski definition) is 1. The first-order valence-corrected chi connectivity index (χ1v) is 13.3. The SMILES string of the molecule is COC(=O)c1cc(NC(=O)Cc2ccc3ccccc3c2)c(Oc2ccccc2)c(S(=O)(=O)N=CN(C)C)c1. The molecule has 0 heterocycles. The Morgan fingerprint density at radius 3 is 2.31 bits per heavy atom. The summed E-state index contributed by atoms with van der Waals surface area (Å²) in [6, 6.07) is 24.4. The second-order valence-electron chi connectivity index (χ2n) is 8.82. The van der Waals surface area contributed by atoms with Crippen LogP contribution in [0.15, 0.2) is 94.2 Å². The summed E-state index contributed by atoms with van der Waals surface area (Å²) in [4.78, 5) is 26.7. The number of nitrogens with one attached hydrogen (secondary N) is 1. The zero-order chi connectivity index (χ0) is 28.0. The second-order valence-corrected chi connectivity index (χ2v) is 10.4. The molecule has 0 saturated heterocycles. The number of methoxy groups -OCH3 is 1. The highest BCUT2D eigenvalue weighted by Gasteiger charge is 2.27. The van der Waals surface area contributed by atoms with Crippen molar-refractivity contribution in [3.05, 3.63) is 96.1 Å². The van der Waals surface area contributed by atoms with Gasteiger partial charge in [0.05, 0.1) is 24.8 Å². The zero-order valence-corrected chi connectivity index (χ0v) is 22.4. The standard InChI is InChI=1S/C29H27N3O6S/c1-32(2)19-30-39(35,36)26-18-23(29(34)37-3)17-25(28(26)38-24-11-5-4-6-12-24)31-27(33)16-20-13-14-21-9-7-8-10-22(21)15-20/h4-15,17-19H,16H2,1-3H3,(H,31,33). The van der Waals surface area contributed by atoms with Gasteiger partial charge in [-0.2, -0.15) is 8.42 Å². The number of carbonyl (C=O) groups excluding carboxylic acids is 2. The van der Waals surface area contributed by atoms with E-state index in [1.807, 2.05) is 42.5 Å². The van der Waals surface area contributed by atoms with Gasteiger partial charge < -0.3 is 19.7 Å². The molecular weight excluding hydrogens is 518 g/mol. The van der Waals surface area contributed by atoms with Crippen LogP contribution in [0.4, 0.5) is 5.69 Å². The molecule has 200 valence electrons. The average molecular weight is 546 g/mol. The summed E-state index contributed by atoms with van der Waals surface area (Å²) in [6.45, 7) is 0. The van der Waals surface area contributed by atoms with Crippen molar-refractivity contribution in [1.82, 2.24) is 4.90 Å². The maximum absolute atomic E-state index is 13.3. The van der Waals surface area contributed by atoms with Crippen LogP contribution < -0.4 is 10.1 Å². The van der Waals surface area contributed by atoms with E-state index in [1.54, 1.807) is 44.4 Å². The average Bonchev–Trinajstić information content (AvgIpc) is 2.92. The van der Waals surface area contributed by atoms with Crippen molar-refractivity contribution in [2.24, 2.45) is 4.40 Å². The fraction of sp³-hybridized carbons (Fsp3) is 0.138. The van der Waals surface area contributed by atoms with Gasteiger partial charge in [0.15, 0.2) is 5.75 Å². The molecule has 4 aromatic carbocycles. The van der Waals surface area contributed by atoms with Crippen LogP contribution in [0.1, 0.15) is 15.9 Å². The predicted octanol–water partition coefficient (Wildman–Crippen LogP) is 4.88. The molecule has 0 radical (unpaired) electrons. The highest BCUT2D eigenvalue weighted by molar-refractivity contribution is 7.90. The van der Waals surface area contributed by atoms with Crippen molar-refractivity contribution < 1.29 is 27.5 Å². The maximum atomic E-state index is 13.3. The van der Waals surface area contributed by atoms with E-state index in [0.29, 0.717) is 5.75 Å².